The van der Waals surface area contributed by atoms with Crippen LogP contribution in [-0.4, -0.2) is 28.2 Å². The number of ether oxygens (including phenoxy) is 1. The van der Waals surface area contributed by atoms with Crippen LogP contribution in [0.4, 0.5) is 11.4 Å². The zero-order chi connectivity index (χ0) is 24.1. The highest BCUT2D eigenvalue weighted by Crippen LogP contribution is 2.38. The topological polar surface area (TPSA) is 130 Å². The Hall–Kier alpha value is -4.05. The molecule has 0 N–H and O–H groups in total. The lowest BCUT2D eigenvalue weighted by atomic mass is 10.0. The first-order valence-electron chi connectivity index (χ1n) is 9.64. The van der Waals surface area contributed by atoms with E-state index in [-0.39, 0.29) is 16.2 Å². The third kappa shape index (κ3) is 5.60. The Bertz CT molecular complexity index is 1270. The van der Waals surface area contributed by atoms with Crippen LogP contribution in [0.3, 0.4) is 0 Å². The molecule has 0 aliphatic carbocycles. The van der Waals surface area contributed by atoms with E-state index in [1.165, 1.54) is 12.1 Å². The van der Waals surface area contributed by atoms with Crippen LogP contribution >= 0.6 is 11.8 Å². The summed E-state index contributed by atoms with van der Waals surface area (Å²) in [6.07, 6.45) is 0. The predicted molar refractivity (Wildman–Crippen MR) is 121 cm³/mol. The van der Waals surface area contributed by atoms with Crippen molar-refractivity contribution in [3.8, 4) is 0 Å². The van der Waals surface area contributed by atoms with Crippen LogP contribution in [0, 0.1) is 34.1 Å². The van der Waals surface area contributed by atoms with E-state index in [0.717, 1.165) is 35.0 Å². The smallest absolute Gasteiger partial charge is 0.339 e. The van der Waals surface area contributed by atoms with Gasteiger partial charge in [-0.2, -0.15) is 0 Å². The maximum Gasteiger partial charge on any atom is 0.339 e. The number of nitrogens with zero attached hydrogens (tertiary/aromatic N) is 2. The van der Waals surface area contributed by atoms with Gasteiger partial charge in [-0.1, -0.05) is 41.6 Å². The lowest BCUT2D eigenvalue weighted by Gasteiger charge is -2.10. The molecule has 33 heavy (non-hydrogen) atoms. The number of nitro groups is 2. The molecular weight excluding hydrogens is 448 g/mol. The van der Waals surface area contributed by atoms with Gasteiger partial charge in [-0.15, -0.1) is 0 Å². The fraction of sp³-hybridized carbons (Fsp3) is 0.130. The van der Waals surface area contributed by atoms with Gasteiger partial charge in [0.2, 0.25) is 5.78 Å². The molecule has 0 fully saturated rings. The summed E-state index contributed by atoms with van der Waals surface area (Å²) in [6, 6.07) is 15.0. The molecule has 0 atom stereocenters. The van der Waals surface area contributed by atoms with Gasteiger partial charge in [-0.3, -0.25) is 25.0 Å². The van der Waals surface area contributed by atoms with Gasteiger partial charge in [-0.05, 0) is 43.7 Å². The van der Waals surface area contributed by atoms with Crippen LogP contribution in [0.15, 0.2) is 70.5 Å². The van der Waals surface area contributed by atoms with Gasteiger partial charge in [0.25, 0.3) is 11.4 Å². The Labute approximate surface area is 192 Å². The minimum atomic E-state index is -0.763. The van der Waals surface area contributed by atoms with E-state index in [2.05, 4.69) is 0 Å². The third-order valence-corrected chi connectivity index (χ3v) is 5.85. The molecule has 9 nitrogen and oxygen atoms in total. The zero-order valence-corrected chi connectivity index (χ0v) is 18.5. The molecule has 0 aliphatic heterocycles. The molecule has 0 saturated carbocycles. The molecule has 0 unspecified atom stereocenters. The van der Waals surface area contributed by atoms with E-state index in [4.69, 9.17) is 4.74 Å². The van der Waals surface area contributed by atoms with Crippen molar-refractivity contribution in [2.24, 2.45) is 0 Å². The maximum absolute atomic E-state index is 12.7. The van der Waals surface area contributed by atoms with Crippen molar-refractivity contribution >= 4 is 34.9 Å². The average molecular weight is 466 g/mol. The summed E-state index contributed by atoms with van der Waals surface area (Å²) in [5, 5.41) is 22.4. The second-order valence-electron chi connectivity index (χ2n) is 7.08. The first-order valence-corrected chi connectivity index (χ1v) is 10.5. The molecule has 0 radical (unpaired) electrons. The van der Waals surface area contributed by atoms with Gasteiger partial charge in [0.15, 0.2) is 6.61 Å². The van der Waals surface area contributed by atoms with Crippen molar-refractivity contribution in [3.63, 3.8) is 0 Å². The van der Waals surface area contributed by atoms with Crippen molar-refractivity contribution in [3.05, 3.63) is 103 Å². The molecule has 168 valence electrons. The van der Waals surface area contributed by atoms with Gasteiger partial charge in [-0.25, -0.2) is 4.79 Å². The lowest BCUT2D eigenvalue weighted by molar-refractivity contribution is -0.396. The number of non-ortho nitro benzene ring substituents is 1. The molecule has 3 rings (SSSR count). The molecular formula is C23H18N2O7S. The van der Waals surface area contributed by atoms with E-state index in [0.29, 0.717) is 10.5 Å². The number of carbonyl (C=O) groups is 2. The van der Waals surface area contributed by atoms with Gasteiger partial charge < -0.3 is 4.74 Å². The maximum atomic E-state index is 12.7. The van der Waals surface area contributed by atoms with Crippen LogP contribution < -0.4 is 0 Å². The van der Waals surface area contributed by atoms with Crippen LogP contribution in [0.25, 0.3) is 0 Å². The van der Waals surface area contributed by atoms with E-state index in [1.54, 1.807) is 31.2 Å². The van der Waals surface area contributed by atoms with Gasteiger partial charge >= 0.3 is 5.97 Å². The number of hydrogen-bond acceptors (Lipinski definition) is 8. The molecule has 3 aromatic carbocycles. The minimum absolute atomic E-state index is 0.115. The van der Waals surface area contributed by atoms with Crippen molar-refractivity contribution in [1.82, 2.24) is 0 Å². The Morgan fingerprint density at radius 1 is 0.879 bits per heavy atom. The van der Waals surface area contributed by atoms with E-state index in [9.17, 15) is 29.8 Å². The highest BCUT2D eigenvalue weighted by atomic mass is 32.2. The number of ketones is 1. The SMILES string of the molecule is Cc1ccc(C)c(C(=O)COC(=O)c2ccccc2Sc2ccc([N+](=O)[O-])cc2[N+](=O)[O-])c1. The molecule has 0 spiro atoms. The second-order valence-corrected chi connectivity index (χ2v) is 8.17. The number of esters is 1. The molecule has 0 saturated heterocycles. The third-order valence-electron chi connectivity index (χ3n) is 4.70. The predicted octanol–water partition coefficient (Wildman–Crippen LogP) is 5.31. The van der Waals surface area contributed by atoms with Crippen molar-refractivity contribution in [2.75, 3.05) is 6.61 Å². The number of rotatable bonds is 8. The number of nitro benzene ring substituents is 2. The molecule has 0 aliphatic rings. The van der Waals surface area contributed by atoms with Gasteiger partial charge in [0.05, 0.1) is 26.4 Å². The second kappa shape index (κ2) is 10.0. The Kier molecular flexibility index (Phi) is 7.19. The van der Waals surface area contributed by atoms with E-state index < -0.39 is 33.8 Å². The number of benzene rings is 3. The monoisotopic (exact) mass is 466 g/mol. The minimum Gasteiger partial charge on any atom is -0.454 e. The quantitative estimate of drug-likeness (QED) is 0.189. The van der Waals surface area contributed by atoms with Crippen LogP contribution in [0.5, 0.6) is 0 Å². The van der Waals surface area contributed by atoms with Gasteiger partial charge in [0.1, 0.15) is 0 Å². The first-order chi connectivity index (χ1) is 15.7. The Morgan fingerprint density at radius 2 is 1.61 bits per heavy atom. The standard InChI is InChI=1S/C23H18N2O7S/c1-14-7-8-15(2)18(11-14)20(26)13-32-23(27)17-5-3-4-6-21(17)33-22-10-9-16(24(28)29)12-19(22)25(30)31/h3-12H,13H2,1-2H3. The number of hydrogen-bond donors (Lipinski definition) is 0. The largest absolute Gasteiger partial charge is 0.454 e. The summed E-state index contributed by atoms with van der Waals surface area (Å²) >= 11 is 0.903. The number of aryl methyl sites for hydroxylation is 2. The fourth-order valence-corrected chi connectivity index (χ4v) is 4.03. The molecule has 0 bridgehead atoms. The molecule has 0 aromatic heterocycles. The normalized spacial score (nSPS) is 10.5. The summed E-state index contributed by atoms with van der Waals surface area (Å²) < 4.78 is 5.22. The fourth-order valence-electron chi connectivity index (χ4n) is 3.01. The van der Waals surface area contributed by atoms with E-state index in [1.807, 2.05) is 19.1 Å². The molecule has 0 amide bonds. The highest BCUT2D eigenvalue weighted by molar-refractivity contribution is 7.99. The average Bonchev–Trinajstić information content (AvgIpc) is 2.79. The summed E-state index contributed by atoms with van der Waals surface area (Å²) in [7, 11) is 0. The van der Waals surface area contributed by atoms with Crippen molar-refractivity contribution < 1.29 is 24.2 Å². The summed E-state index contributed by atoms with van der Waals surface area (Å²) in [5.41, 5.74) is 1.38. The Balaban J connectivity index is 1.81. The zero-order valence-electron chi connectivity index (χ0n) is 17.6. The van der Waals surface area contributed by atoms with Crippen LogP contribution in [0.2, 0.25) is 0 Å². The Morgan fingerprint density at radius 3 is 2.30 bits per heavy atom. The number of carbonyl (C=O) groups excluding carboxylic acids is 2. The summed E-state index contributed by atoms with van der Waals surface area (Å²) in [5.74, 6) is -1.11. The first kappa shape index (κ1) is 23.6. The summed E-state index contributed by atoms with van der Waals surface area (Å²) in [4.78, 5) is 46.6. The molecule has 10 heteroatoms. The summed E-state index contributed by atoms with van der Waals surface area (Å²) in [6.45, 7) is 3.18. The number of Topliss-reactive ketones (excluding diaryl/α,β-unsaturated/α-hetero) is 1. The van der Waals surface area contributed by atoms with Gasteiger partial charge in [0, 0.05) is 16.5 Å². The van der Waals surface area contributed by atoms with Crippen molar-refractivity contribution in [2.45, 2.75) is 23.6 Å². The highest BCUT2D eigenvalue weighted by Gasteiger charge is 2.23. The molecule has 3 aromatic rings. The van der Waals surface area contributed by atoms with Crippen LogP contribution in [0.1, 0.15) is 31.8 Å². The lowest BCUT2D eigenvalue weighted by Crippen LogP contribution is -2.16. The van der Waals surface area contributed by atoms with E-state index >= 15 is 0 Å². The van der Waals surface area contributed by atoms with Crippen LogP contribution in [-0.2, 0) is 4.74 Å². The molecule has 0 heterocycles. The van der Waals surface area contributed by atoms with Crippen molar-refractivity contribution in [1.29, 1.82) is 0 Å².